The molecule has 4 heteroatoms. The maximum Gasteiger partial charge on any atom is 0.168 e. The number of ether oxygens (including phenoxy) is 1. The normalized spacial score (nSPS) is 11.8. The maximum absolute atomic E-state index is 8.62. The van der Waals surface area contributed by atoms with E-state index in [1.807, 2.05) is 12.1 Å². The summed E-state index contributed by atoms with van der Waals surface area (Å²) in [6.07, 6.45) is 1.05. The van der Waals surface area contributed by atoms with Gasteiger partial charge in [-0.05, 0) is 71.3 Å². The zero-order valence-corrected chi connectivity index (χ0v) is 20.7. The number of hydrogen-bond acceptors (Lipinski definition) is 4. The van der Waals surface area contributed by atoms with Crippen LogP contribution in [0.25, 0.3) is 33.4 Å². The summed E-state index contributed by atoms with van der Waals surface area (Å²) in [5.41, 5.74) is 8.85. The molecule has 0 aliphatic carbocycles. The molecule has 0 bridgehead atoms. The highest BCUT2D eigenvalue weighted by atomic mass is 17.5. The van der Waals surface area contributed by atoms with Crippen LogP contribution in [-0.2, 0) is 5.04 Å². The third kappa shape index (κ3) is 5.91. The minimum Gasteiger partial charge on any atom is -0.492 e. The van der Waals surface area contributed by atoms with E-state index in [1.54, 1.807) is 12.1 Å². The Kier molecular flexibility index (Phi) is 7.86. The van der Waals surface area contributed by atoms with Crippen molar-refractivity contribution in [3.05, 3.63) is 96.1 Å². The number of hydrogen-bond donors (Lipinski definition) is 1. The fourth-order valence-electron chi connectivity index (χ4n) is 3.94. The first-order valence-corrected chi connectivity index (χ1v) is 12.0. The molecule has 1 N–H and O–H groups in total. The van der Waals surface area contributed by atoms with Crippen molar-refractivity contribution in [3.63, 3.8) is 0 Å². The summed E-state index contributed by atoms with van der Waals surface area (Å²) < 4.78 is 6.55. The van der Waals surface area contributed by atoms with Gasteiger partial charge in [0.25, 0.3) is 0 Å². The second-order valence-electron chi connectivity index (χ2n) is 9.14. The van der Waals surface area contributed by atoms with Crippen molar-refractivity contribution >= 4 is 0 Å². The maximum atomic E-state index is 8.62. The van der Waals surface area contributed by atoms with E-state index in [2.05, 4.69) is 93.4 Å². The smallest absolute Gasteiger partial charge is 0.168 e. The summed E-state index contributed by atoms with van der Waals surface area (Å²) in [4.78, 5) is 4.75. The predicted octanol–water partition coefficient (Wildman–Crippen LogP) is 8.51. The van der Waals surface area contributed by atoms with Crippen LogP contribution in [0.1, 0.15) is 31.4 Å². The van der Waals surface area contributed by atoms with Gasteiger partial charge in [0.05, 0.1) is 6.61 Å². The van der Waals surface area contributed by atoms with E-state index in [1.165, 1.54) is 11.1 Å². The second-order valence-corrected chi connectivity index (χ2v) is 9.14. The van der Waals surface area contributed by atoms with Gasteiger partial charge in [-0.2, -0.15) is 0 Å². The van der Waals surface area contributed by atoms with E-state index in [4.69, 9.17) is 14.9 Å². The third-order valence-electron chi connectivity index (χ3n) is 6.34. The highest BCUT2D eigenvalue weighted by Gasteiger charge is 2.18. The molecular weight excluding hydrogens is 436 g/mol. The van der Waals surface area contributed by atoms with Gasteiger partial charge in [-0.1, -0.05) is 92.1 Å². The van der Waals surface area contributed by atoms with Crippen LogP contribution in [0.4, 0.5) is 0 Å². The van der Waals surface area contributed by atoms with Crippen LogP contribution in [-0.4, -0.2) is 11.9 Å². The Hall–Kier alpha value is -3.60. The van der Waals surface area contributed by atoms with Crippen molar-refractivity contribution < 1.29 is 19.9 Å². The lowest BCUT2D eigenvalue weighted by Crippen LogP contribution is -2.09. The fourth-order valence-corrected chi connectivity index (χ4v) is 3.94. The second kappa shape index (κ2) is 11.2. The molecule has 4 nitrogen and oxygen atoms in total. The number of aryl methyl sites for hydroxylation is 2. The largest absolute Gasteiger partial charge is 0.492 e. The van der Waals surface area contributed by atoms with E-state index in [0.717, 1.165) is 45.6 Å². The van der Waals surface area contributed by atoms with E-state index >= 15 is 0 Å². The Morgan fingerprint density at radius 3 is 1.66 bits per heavy atom. The van der Waals surface area contributed by atoms with Crippen molar-refractivity contribution in [2.75, 3.05) is 6.61 Å². The summed E-state index contributed by atoms with van der Waals surface area (Å²) in [5.74, 6) is 1.70. The van der Waals surface area contributed by atoms with Gasteiger partial charge in [0.1, 0.15) is 5.75 Å². The van der Waals surface area contributed by atoms with Gasteiger partial charge in [-0.15, -0.1) is 0 Å². The molecule has 0 saturated carbocycles. The first kappa shape index (κ1) is 24.5. The van der Waals surface area contributed by atoms with Crippen LogP contribution in [0.15, 0.2) is 84.9 Å². The molecule has 180 valence electrons. The molecule has 0 aliphatic heterocycles. The molecule has 4 rings (SSSR count). The molecule has 0 amide bonds. The van der Waals surface area contributed by atoms with Crippen LogP contribution >= 0.6 is 0 Å². The molecular formula is C31H32O4. The van der Waals surface area contributed by atoms with E-state index < -0.39 is 0 Å². The minimum atomic E-state index is 0.409. The van der Waals surface area contributed by atoms with Crippen LogP contribution in [0, 0.1) is 19.8 Å². The van der Waals surface area contributed by atoms with Gasteiger partial charge in [0.2, 0.25) is 0 Å². The highest BCUT2D eigenvalue weighted by molar-refractivity contribution is 5.88. The third-order valence-corrected chi connectivity index (χ3v) is 6.34. The molecule has 1 atom stereocenters. The molecule has 1 unspecified atom stereocenters. The summed E-state index contributed by atoms with van der Waals surface area (Å²) >= 11 is 0. The zero-order valence-electron chi connectivity index (χ0n) is 20.7. The number of benzene rings is 4. The Labute approximate surface area is 207 Å². The summed E-state index contributed by atoms with van der Waals surface area (Å²) in [6.45, 7) is 9.20. The van der Waals surface area contributed by atoms with E-state index in [0.29, 0.717) is 18.3 Å². The summed E-state index contributed by atoms with van der Waals surface area (Å²) in [5, 5.41) is 12.4. The van der Waals surface area contributed by atoms with Gasteiger partial charge < -0.3 is 9.62 Å². The van der Waals surface area contributed by atoms with Crippen LogP contribution in [0.2, 0.25) is 0 Å². The Morgan fingerprint density at radius 2 is 1.17 bits per heavy atom. The molecule has 0 fully saturated rings. The Morgan fingerprint density at radius 1 is 0.686 bits per heavy atom. The molecule has 0 heterocycles. The molecule has 4 aromatic carbocycles. The van der Waals surface area contributed by atoms with Crippen LogP contribution in [0.5, 0.6) is 11.5 Å². The molecule has 0 aliphatic rings. The lowest BCUT2D eigenvalue weighted by atomic mass is 9.91. The summed E-state index contributed by atoms with van der Waals surface area (Å²) in [7, 11) is 0. The average Bonchev–Trinajstić information content (AvgIpc) is 2.88. The van der Waals surface area contributed by atoms with Crippen molar-refractivity contribution in [2.45, 2.75) is 34.1 Å². The topological polar surface area (TPSA) is 47.9 Å². The SMILES string of the molecule is CCC(C)COc1c(-c2ccc(C)cc2)cc(-c2ccc(C)cc2)cc1-c1ccc(OOO)cc1. The molecule has 4 aromatic rings. The first-order chi connectivity index (χ1) is 17.0. The van der Waals surface area contributed by atoms with Gasteiger partial charge in [-0.25, -0.2) is 5.26 Å². The van der Waals surface area contributed by atoms with E-state index in [-0.39, 0.29) is 0 Å². The minimum absolute atomic E-state index is 0.409. The van der Waals surface area contributed by atoms with E-state index in [9.17, 15) is 0 Å². The quantitative estimate of drug-likeness (QED) is 0.198. The van der Waals surface area contributed by atoms with Gasteiger partial charge in [0, 0.05) is 11.1 Å². The molecule has 35 heavy (non-hydrogen) atoms. The fraction of sp³-hybridized carbons (Fsp3) is 0.226. The molecule has 0 spiro atoms. The van der Waals surface area contributed by atoms with Crippen LogP contribution < -0.4 is 9.62 Å². The predicted molar refractivity (Wildman–Crippen MR) is 142 cm³/mol. The van der Waals surface area contributed by atoms with Gasteiger partial charge in [-0.3, -0.25) is 0 Å². The average molecular weight is 469 g/mol. The zero-order chi connectivity index (χ0) is 24.8. The van der Waals surface area contributed by atoms with Crippen molar-refractivity contribution in [3.8, 4) is 44.9 Å². The highest BCUT2D eigenvalue weighted by Crippen LogP contribution is 2.43. The van der Waals surface area contributed by atoms with Crippen molar-refractivity contribution in [1.29, 1.82) is 0 Å². The Bertz CT molecular complexity index is 1240. The van der Waals surface area contributed by atoms with Crippen molar-refractivity contribution in [1.82, 2.24) is 0 Å². The lowest BCUT2D eigenvalue weighted by Gasteiger charge is -2.21. The van der Waals surface area contributed by atoms with Gasteiger partial charge >= 0.3 is 0 Å². The number of rotatable bonds is 9. The monoisotopic (exact) mass is 468 g/mol. The lowest BCUT2D eigenvalue weighted by molar-refractivity contribution is -0.438. The van der Waals surface area contributed by atoms with Crippen LogP contribution in [0.3, 0.4) is 0 Å². The summed E-state index contributed by atoms with van der Waals surface area (Å²) in [6, 6.07) is 29.0. The van der Waals surface area contributed by atoms with Crippen molar-refractivity contribution in [2.24, 2.45) is 5.92 Å². The standard InChI is InChI=1S/C31H32O4/c1-5-21(2)20-33-31-29(25-12-8-23(4)9-13-25)18-27(24-10-6-22(3)7-11-24)19-30(31)26-14-16-28(17-15-26)34-35-32/h6-19,21,32H,5,20H2,1-4H3. The Balaban J connectivity index is 1.93. The molecule has 0 radical (unpaired) electrons. The van der Waals surface area contributed by atoms with Gasteiger partial charge in [0.15, 0.2) is 5.75 Å². The molecule has 0 aromatic heterocycles. The first-order valence-electron chi connectivity index (χ1n) is 12.0. The molecule has 0 saturated heterocycles.